The molecule has 1 atom stereocenters. The van der Waals surface area contributed by atoms with Crippen LogP contribution in [-0.4, -0.2) is 26.5 Å². The molecule has 2 aromatic rings. The van der Waals surface area contributed by atoms with E-state index in [-0.39, 0.29) is 17.1 Å². The number of carbonyl (C=O) groups is 1. The number of aromatic nitrogens is 3. The van der Waals surface area contributed by atoms with Crippen molar-refractivity contribution in [3.8, 4) is 0 Å². The summed E-state index contributed by atoms with van der Waals surface area (Å²) in [7, 11) is 0. The number of carbonyl (C=O) groups excluding carboxylic acids is 1. The van der Waals surface area contributed by atoms with Crippen LogP contribution in [0.4, 0.5) is 0 Å². The summed E-state index contributed by atoms with van der Waals surface area (Å²) < 4.78 is 1.62. The van der Waals surface area contributed by atoms with Crippen LogP contribution in [0.3, 0.4) is 0 Å². The topological polar surface area (TPSA) is 59.3 Å². The largest absolute Gasteiger partial charge is 0.349 e. The predicted octanol–water partition coefficient (Wildman–Crippen LogP) is 2.53. The molecule has 1 fully saturated rings. The zero-order valence-electron chi connectivity index (χ0n) is 11.8. The Hall–Kier alpha value is -1.62. The van der Waals surface area contributed by atoms with Crippen LogP contribution < -0.4 is 5.32 Å². The Morgan fingerprint density at radius 2 is 2.20 bits per heavy atom. The van der Waals surface area contributed by atoms with Gasteiger partial charge in [0.2, 0.25) is 0 Å². The fourth-order valence-electron chi connectivity index (χ4n) is 2.48. The average Bonchev–Trinajstić information content (AvgIpc) is 3.13. The molecule has 2 aromatic heterocycles. The predicted molar refractivity (Wildman–Crippen MR) is 77.1 cm³/mol. The first-order chi connectivity index (χ1) is 9.47. The Balaban J connectivity index is 2.01. The molecule has 5 nitrogen and oxygen atoms in total. The van der Waals surface area contributed by atoms with Crippen molar-refractivity contribution in [2.75, 3.05) is 0 Å². The van der Waals surface area contributed by atoms with Gasteiger partial charge in [-0.15, -0.1) is 0 Å². The van der Waals surface area contributed by atoms with Crippen LogP contribution in [0.5, 0.6) is 0 Å². The van der Waals surface area contributed by atoms with Crippen LogP contribution in [0.2, 0.25) is 5.15 Å². The second-order valence-corrected chi connectivity index (χ2v) is 5.90. The summed E-state index contributed by atoms with van der Waals surface area (Å²) >= 11 is 6.13. The van der Waals surface area contributed by atoms with Crippen molar-refractivity contribution in [3.05, 3.63) is 28.2 Å². The molecule has 1 unspecified atom stereocenters. The highest BCUT2D eigenvalue weighted by molar-refractivity contribution is 6.33. The summed E-state index contributed by atoms with van der Waals surface area (Å²) in [5.41, 5.74) is 2.64. The number of amides is 1. The third kappa shape index (κ3) is 2.26. The molecule has 0 aromatic carbocycles. The van der Waals surface area contributed by atoms with Crippen LogP contribution in [0.1, 0.15) is 41.5 Å². The highest BCUT2D eigenvalue weighted by Gasteiger charge is 2.30. The van der Waals surface area contributed by atoms with Crippen LogP contribution in [0.15, 0.2) is 6.07 Å². The van der Waals surface area contributed by atoms with E-state index in [0.29, 0.717) is 17.1 Å². The molecule has 0 spiro atoms. The van der Waals surface area contributed by atoms with E-state index in [2.05, 4.69) is 15.4 Å². The van der Waals surface area contributed by atoms with Gasteiger partial charge in [-0.05, 0) is 45.6 Å². The van der Waals surface area contributed by atoms with Gasteiger partial charge >= 0.3 is 0 Å². The first kappa shape index (κ1) is 13.4. The molecule has 0 saturated heterocycles. The summed E-state index contributed by atoms with van der Waals surface area (Å²) in [6, 6.07) is 2.07. The van der Waals surface area contributed by atoms with Crippen molar-refractivity contribution in [1.82, 2.24) is 19.9 Å². The maximum atomic E-state index is 12.4. The maximum absolute atomic E-state index is 12.4. The Morgan fingerprint density at radius 1 is 1.50 bits per heavy atom. The van der Waals surface area contributed by atoms with E-state index in [1.165, 1.54) is 12.8 Å². The van der Waals surface area contributed by atoms with Crippen LogP contribution in [0.25, 0.3) is 5.65 Å². The molecular weight excluding hydrogens is 276 g/mol. The van der Waals surface area contributed by atoms with Crippen molar-refractivity contribution in [2.24, 2.45) is 5.92 Å². The average molecular weight is 293 g/mol. The summed E-state index contributed by atoms with van der Waals surface area (Å²) in [6.07, 6.45) is 2.36. The van der Waals surface area contributed by atoms with Crippen LogP contribution in [0, 0.1) is 19.8 Å². The third-order valence-corrected chi connectivity index (χ3v) is 4.03. The van der Waals surface area contributed by atoms with Crippen molar-refractivity contribution in [3.63, 3.8) is 0 Å². The summed E-state index contributed by atoms with van der Waals surface area (Å²) in [4.78, 5) is 16.8. The van der Waals surface area contributed by atoms with Crippen molar-refractivity contribution < 1.29 is 4.79 Å². The summed E-state index contributed by atoms with van der Waals surface area (Å²) in [5.74, 6) is 0.401. The van der Waals surface area contributed by atoms with Gasteiger partial charge in [0.1, 0.15) is 5.56 Å². The Labute approximate surface area is 122 Å². The molecule has 1 aliphatic carbocycles. The lowest BCUT2D eigenvalue weighted by Crippen LogP contribution is -2.34. The molecule has 0 bridgehead atoms. The van der Waals surface area contributed by atoms with Crippen molar-refractivity contribution in [1.29, 1.82) is 0 Å². The molecule has 1 aliphatic rings. The molecule has 1 saturated carbocycles. The van der Waals surface area contributed by atoms with Crippen LogP contribution >= 0.6 is 11.6 Å². The summed E-state index contributed by atoms with van der Waals surface area (Å²) in [6.45, 7) is 5.83. The van der Waals surface area contributed by atoms with Gasteiger partial charge in [0.15, 0.2) is 10.8 Å². The van der Waals surface area contributed by atoms with E-state index in [0.717, 1.165) is 11.4 Å². The quantitative estimate of drug-likeness (QED) is 0.946. The number of rotatable bonds is 3. The van der Waals surface area contributed by atoms with E-state index in [4.69, 9.17) is 11.6 Å². The first-order valence-electron chi connectivity index (χ1n) is 6.80. The lowest BCUT2D eigenvalue weighted by Gasteiger charge is -2.12. The minimum Gasteiger partial charge on any atom is -0.349 e. The maximum Gasteiger partial charge on any atom is 0.258 e. The van der Waals surface area contributed by atoms with E-state index >= 15 is 0 Å². The molecule has 0 aliphatic heterocycles. The zero-order valence-corrected chi connectivity index (χ0v) is 12.5. The highest BCUT2D eigenvalue weighted by atomic mass is 35.5. The Morgan fingerprint density at radius 3 is 2.85 bits per heavy atom. The number of nitrogens with one attached hydrogen (secondary N) is 1. The molecule has 1 N–H and O–H groups in total. The lowest BCUT2D eigenvalue weighted by atomic mass is 10.2. The van der Waals surface area contributed by atoms with Gasteiger partial charge < -0.3 is 5.32 Å². The van der Waals surface area contributed by atoms with Crippen molar-refractivity contribution >= 4 is 23.2 Å². The lowest BCUT2D eigenvalue weighted by molar-refractivity contribution is 0.0937. The number of hydrogen-bond donors (Lipinski definition) is 1. The van der Waals surface area contributed by atoms with E-state index in [9.17, 15) is 4.79 Å². The van der Waals surface area contributed by atoms with Gasteiger partial charge in [-0.1, -0.05) is 11.6 Å². The van der Waals surface area contributed by atoms with Gasteiger partial charge in [0.25, 0.3) is 5.91 Å². The number of aryl methyl sites for hydroxylation is 2. The first-order valence-corrected chi connectivity index (χ1v) is 7.18. The molecule has 3 rings (SSSR count). The minimum absolute atomic E-state index is 0.166. The Bertz CT molecular complexity index is 690. The van der Waals surface area contributed by atoms with Gasteiger partial charge in [-0.25, -0.2) is 9.50 Å². The smallest absolute Gasteiger partial charge is 0.258 e. The minimum atomic E-state index is -0.193. The second-order valence-electron chi connectivity index (χ2n) is 5.54. The van der Waals surface area contributed by atoms with Gasteiger partial charge in [-0.2, -0.15) is 5.10 Å². The van der Waals surface area contributed by atoms with Crippen LogP contribution in [-0.2, 0) is 0 Å². The molecular formula is C14H17ClN4O. The molecule has 106 valence electrons. The van der Waals surface area contributed by atoms with E-state index < -0.39 is 0 Å². The number of hydrogen-bond acceptors (Lipinski definition) is 3. The zero-order chi connectivity index (χ0) is 14.4. The summed E-state index contributed by atoms with van der Waals surface area (Å²) in [5, 5.41) is 7.40. The second kappa shape index (κ2) is 4.74. The van der Waals surface area contributed by atoms with Crippen molar-refractivity contribution in [2.45, 2.75) is 39.7 Å². The fourth-order valence-corrected chi connectivity index (χ4v) is 2.73. The fraction of sp³-hybridized carbons (Fsp3) is 0.500. The molecule has 0 radical (unpaired) electrons. The van der Waals surface area contributed by atoms with Gasteiger partial charge in [0.05, 0.1) is 0 Å². The number of nitrogens with zero attached hydrogens (tertiary/aromatic N) is 3. The monoisotopic (exact) mass is 292 g/mol. The molecule has 6 heteroatoms. The Kier molecular flexibility index (Phi) is 3.17. The number of fused-ring (bicyclic) bond motifs is 1. The normalized spacial score (nSPS) is 16.4. The van der Waals surface area contributed by atoms with E-state index in [1.807, 2.05) is 26.8 Å². The molecule has 2 heterocycles. The standard InChI is InChI=1S/C14H17ClN4O/c1-7-6-8(2)19-13(16-7)11(12(15)18-19)14(20)17-9(3)10-4-5-10/h6,9-10H,4-5H2,1-3H3,(H,17,20). The molecule has 1 amide bonds. The number of halogens is 1. The van der Waals surface area contributed by atoms with E-state index in [1.54, 1.807) is 4.52 Å². The SMILES string of the molecule is Cc1cc(C)n2nc(Cl)c(C(=O)NC(C)C3CC3)c2n1. The molecule has 20 heavy (non-hydrogen) atoms. The van der Waals surface area contributed by atoms with Gasteiger partial charge in [-0.3, -0.25) is 4.79 Å². The van der Waals surface area contributed by atoms with Gasteiger partial charge in [0, 0.05) is 17.4 Å². The highest BCUT2D eigenvalue weighted by Crippen LogP contribution is 2.32. The third-order valence-electron chi connectivity index (χ3n) is 3.77.